The Morgan fingerprint density at radius 2 is 1.80 bits per heavy atom. The second-order valence-electron chi connectivity index (χ2n) is 7.41. The first-order valence-corrected chi connectivity index (χ1v) is 10.0. The Hall–Kier alpha value is -3.19. The number of hydrogen-bond acceptors (Lipinski definition) is 4. The number of hydrogen-bond donors (Lipinski definition) is 2. The number of aromatic nitrogens is 2. The van der Waals surface area contributed by atoms with Crippen LogP contribution in [0.3, 0.4) is 0 Å². The molecular formula is C23H28N4O3. The number of benzene rings is 2. The van der Waals surface area contributed by atoms with Crippen LogP contribution in [0.1, 0.15) is 23.4 Å². The third-order valence-electron chi connectivity index (χ3n) is 4.72. The zero-order valence-electron chi connectivity index (χ0n) is 17.7. The normalized spacial score (nSPS) is 10.9. The van der Waals surface area contributed by atoms with Crippen molar-refractivity contribution in [2.45, 2.75) is 33.2 Å². The zero-order chi connectivity index (χ0) is 21.5. The molecule has 2 amide bonds. The van der Waals surface area contributed by atoms with Gasteiger partial charge in [0.2, 0.25) is 11.8 Å². The topological polar surface area (TPSA) is 85.2 Å². The predicted molar refractivity (Wildman–Crippen MR) is 117 cm³/mol. The van der Waals surface area contributed by atoms with E-state index in [9.17, 15) is 9.59 Å². The average Bonchev–Trinajstić information content (AvgIpc) is 3.02. The van der Waals surface area contributed by atoms with Crippen LogP contribution >= 0.6 is 0 Å². The van der Waals surface area contributed by atoms with Crippen molar-refractivity contribution in [3.8, 4) is 0 Å². The van der Waals surface area contributed by atoms with Gasteiger partial charge in [-0.3, -0.25) is 9.59 Å². The lowest BCUT2D eigenvalue weighted by Gasteiger charge is -2.11. The van der Waals surface area contributed by atoms with Gasteiger partial charge in [0, 0.05) is 25.8 Å². The van der Waals surface area contributed by atoms with Crippen LogP contribution < -0.4 is 10.6 Å². The van der Waals surface area contributed by atoms with Crippen molar-refractivity contribution in [2.75, 3.05) is 25.6 Å². The van der Waals surface area contributed by atoms with E-state index in [4.69, 9.17) is 9.72 Å². The van der Waals surface area contributed by atoms with Crippen LogP contribution in [0.4, 0.5) is 5.69 Å². The summed E-state index contributed by atoms with van der Waals surface area (Å²) in [7, 11) is 1.49. The molecule has 7 nitrogen and oxygen atoms in total. The summed E-state index contributed by atoms with van der Waals surface area (Å²) in [5.41, 5.74) is 4.79. The Morgan fingerprint density at radius 3 is 2.53 bits per heavy atom. The molecule has 0 spiro atoms. The lowest BCUT2D eigenvalue weighted by molar-refractivity contribution is -0.124. The Kier molecular flexibility index (Phi) is 7.19. The van der Waals surface area contributed by atoms with Crippen LogP contribution in [0.5, 0.6) is 0 Å². The molecule has 0 unspecified atom stereocenters. The van der Waals surface area contributed by atoms with Crippen molar-refractivity contribution in [1.82, 2.24) is 14.9 Å². The summed E-state index contributed by atoms with van der Waals surface area (Å²) >= 11 is 0. The summed E-state index contributed by atoms with van der Waals surface area (Å²) in [6.07, 6.45) is 1.37. The van der Waals surface area contributed by atoms with E-state index in [1.54, 1.807) is 0 Å². The van der Waals surface area contributed by atoms with Crippen LogP contribution in [-0.2, 0) is 27.3 Å². The molecule has 0 fully saturated rings. The number of carbonyl (C=O) groups excluding carboxylic acids is 2. The van der Waals surface area contributed by atoms with E-state index in [1.807, 2.05) is 54.8 Å². The van der Waals surface area contributed by atoms with Crippen LogP contribution in [0.2, 0.25) is 0 Å². The zero-order valence-corrected chi connectivity index (χ0v) is 17.7. The molecule has 0 atom stereocenters. The number of nitrogens with zero attached hydrogens (tertiary/aromatic N) is 2. The maximum absolute atomic E-state index is 12.8. The van der Waals surface area contributed by atoms with Gasteiger partial charge in [-0.2, -0.15) is 0 Å². The lowest BCUT2D eigenvalue weighted by atomic mass is 10.1. The number of fused-ring (bicyclic) bond motifs is 1. The smallest absolute Gasteiger partial charge is 0.245 e. The highest BCUT2D eigenvalue weighted by Gasteiger charge is 2.14. The number of carbonyl (C=O) groups is 2. The molecule has 7 heteroatoms. The molecule has 2 aromatic carbocycles. The first kappa shape index (κ1) is 21.5. The highest BCUT2D eigenvalue weighted by molar-refractivity contribution is 5.92. The van der Waals surface area contributed by atoms with E-state index in [2.05, 4.69) is 16.7 Å². The molecule has 30 heavy (non-hydrogen) atoms. The highest BCUT2D eigenvalue weighted by Crippen LogP contribution is 2.18. The molecule has 0 radical (unpaired) electrons. The monoisotopic (exact) mass is 408 g/mol. The molecule has 3 rings (SSSR count). The van der Waals surface area contributed by atoms with E-state index >= 15 is 0 Å². The molecule has 0 aliphatic heterocycles. The average molecular weight is 409 g/mol. The number of amides is 2. The van der Waals surface area contributed by atoms with Crippen LogP contribution in [0, 0.1) is 13.8 Å². The van der Waals surface area contributed by atoms with Crippen LogP contribution in [0.25, 0.3) is 11.0 Å². The number of anilines is 1. The number of nitrogens with one attached hydrogen (secondary N) is 2. The predicted octanol–water partition coefficient (Wildman–Crippen LogP) is 2.99. The second kappa shape index (κ2) is 10.0. The van der Waals surface area contributed by atoms with Gasteiger partial charge in [0.05, 0.1) is 11.0 Å². The minimum atomic E-state index is -0.140. The molecule has 2 N–H and O–H groups in total. The Balaban J connectivity index is 1.71. The number of rotatable bonds is 9. The third kappa shape index (κ3) is 5.67. The first-order valence-electron chi connectivity index (χ1n) is 10.0. The SMILES string of the molecule is COCC(=O)NCCCc1nc2ccccc2n1CC(=O)Nc1cc(C)cc(C)c1. The van der Waals surface area contributed by atoms with Gasteiger partial charge in [-0.15, -0.1) is 0 Å². The largest absolute Gasteiger partial charge is 0.375 e. The molecule has 0 saturated carbocycles. The summed E-state index contributed by atoms with van der Waals surface area (Å²) < 4.78 is 6.76. The Morgan fingerprint density at radius 1 is 1.07 bits per heavy atom. The van der Waals surface area contributed by atoms with Gasteiger partial charge in [0.15, 0.2) is 0 Å². The molecule has 158 valence electrons. The van der Waals surface area contributed by atoms with E-state index in [-0.39, 0.29) is 25.0 Å². The van der Waals surface area contributed by atoms with Gasteiger partial charge >= 0.3 is 0 Å². The summed E-state index contributed by atoms with van der Waals surface area (Å²) in [6.45, 7) is 4.78. The minimum absolute atomic E-state index is 0.0527. The van der Waals surface area contributed by atoms with Gasteiger partial charge in [-0.05, 0) is 55.7 Å². The molecule has 0 aliphatic rings. The number of ether oxygens (including phenoxy) is 1. The van der Waals surface area contributed by atoms with Crippen LogP contribution in [0.15, 0.2) is 42.5 Å². The third-order valence-corrected chi connectivity index (χ3v) is 4.72. The fraction of sp³-hybridized carbons (Fsp3) is 0.348. The summed E-state index contributed by atoms with van der Waals surface area (Å²) in [5, 5.41) is 5.80. The van der Waals surface area contributed by atoms with Gasteiger partial charge < -0.3 is 19.9 Å². The van der Waals surface area contributed by atoms with E-state index < -0.39 is 0 Å². The number of aryl methyl sites for hydroxylation is 3. The Bertz CT molecular complexity index is 1020. The summed E-state index contributed by atoms with van der Waals surface area (Å²) in [6, 6.07) is 13.8. The molecule has 0 bridgehead atoms. The maximum Gasteiger partial charge on any atom is 0.245 e. The van der Waals surface area contributed by atoms with Crippen LogP contribution in [-0.4, -0.2) is 41.6 Å². The van der Waals surface area contributed by atoms with Gasteiger partial charge in [0.25, 0.3) is 0 Å². The fourth-order valence-corrected chi connectivity index (χ4v) is 3.54. The van der Waals surface area contributed by atoms with Crippen molar-refractivity contribution < 1.29 is 14.3 Å². The molecule has 0 aliphatic carbocycles. The van der Waals surface area contributed by atoms with E-state index in [0.717, 1.165) is 40.1 Å². The quantitative estimate of drug-likeness (QED) is 0.533. The Labute approximate surface area is 176 Å². The van der Waals surface area contributed by atoms with E-state index in [1.165, 1.54) is 7.11 Å². The fourth-order valence-electron chi connectivity index (χ4n) is 3.54. The molecule has 1 aromatic heterocycles. The number of para-hydroxylation sites is 2. The lowest BCUT2D eigenvalue weighted by Crippen LogP contribution is -2.28. The van der Waals surface area contributed by atoms with Crippen molar-refractivity contribution in [1.29, 1.82) is 0 Å². The van der Waals surface area contributed by atoms with Gasteiger partial charge in [0.1, 0.15) is 19.0 Å². The summed E-state index contributed by atoms with van der Waals surface area (Å²) in [5.74, 6) is 0.587. The van der Waals surface area contributed by atoms with Crippen molar-refractivity contribution in [3.63, 3.8) is 0 Å². The van der Waals surface area contributed by atoms with E-state index in [0.29, 0.717) is 13.0 Å². The minimum Gasteiger partial charge on any atom is -0.375 e. The first-order chi connectivity index (χ1) is 14.5. The maximum atomic E-state index is 12.8. The molecule has 3 aromatic rings. The van der Waals surface area contributed by atoms with Crippen molar-refractivity contribution >= 4 is 28.5 Å². The number of methoxy groups -OCH3 is 1. The van der Waals surface area contributed by atoms with Gasteiger partial charge in [-0.25, -0.2) is 4.98 Å². The number of imidazole rings is 1. The molecule has 1 heterocycles. The molecular weight excluding hydrogens is 380 g/mol. The second-order valence-corrected chi connectivity index (χ2v) is 7.41. The van der Waals surface area contributed by atoms with Gasteiger partial charge in [-0.1, -0.05) is 18.2 Å². The summed E-state index contributed by atoms with van der Waals surface area (Å²) in [4.78, 5) is 29.0. The van der Waals surface area contributed by atoms with Crippen molar-refractivity contribution in [2.24, 2.45) is 0 Å². The molecule has 0 saturated heterocycles. The highest BCUT2D eigenvalue weighted by atomic mass is 16.5. The van der Waals surface area contributed by atoms with Crippen molar-refractivity contribution in [3.05, 3.63) is 59.4 Å². The standard InChI is InChI=1S/C23H28N4O3/c1-16-11-17(2)13-18(12-16)25-22(28)14-27-20-8-5-4-7-19(20)26-21(27)9-6-10-24-23(29)15-30-3/h4-5,7-8,11-13H,6,9-10,14-15H2,1-3H3,(H,24,29)(H,25,28).